The molecule has 16 heavy (non-hydrogen) atoms. The molecule has 0 radical (unpaired) electrons. The summed E-state index contributed by atoms with van der Waals surface area (Å²) in [5, 5.41) is 3.83. The van der Waals surface area contributed by atoms with Crippen molar-refractivity contribution in [3.05, 3.63) is 22.8 Å². The molecule has 1 aromatic heterocycles. The van der Waals surface area contributed by atoms with E-state index in [-0.39, 0.29) is 0 Å². The zero-order valence-electron chi connectivity index (χ0n) is 9.67. The number of piperidine rings is 1. The van der Waals surface area contributed by atoms with Gasteiger partial charge in [0.15, 0.2) is 0 Å². The normalized spacial score (nSPS) is 16.5. The van der Waals surface area contributed by atoms with Gasteiger partial charge in [-0.2, -0.15) is 0 Å². The third kappa shape index (κ3) is 2.66. The molecule has 88 valence electrons. The third-order valence-electron chi connectivity index (χ3n) is 2.93. The molecule has 1 aromatic rings. The fourth-order valence-corrected chi connectivity index (χ4v) is 2.24. The third-order valence-corrected chi connectivity index (χ3v) is 3.27. The van der Waals surface area contributed by atoms with Crippen molar-refractivity contribution in [1.82, 2.24) is 10.3 Å². The molecular weight excluding hydrogens is 222 g/mol. The summed E-state index contributed by atoms with van der Waals surface area (Å²) in [5.74, 6) is 1.06. The average molecular weight is 240 g/mol. The van der Waals surface area contributed by atoms with Crippen LogP contribution in [-0.2, 0) is 6.54 Å². The zero-order chi connectivity index (χ0) is 11.4. The molecule has 0 bridgehead atoms. The zero-order valence-corrected chi connectivity index (χ0v) is 10.4. The predicted molar refractivity (Wildman–Crippen MR) is 68.1 cm³/mol. The standard InChI is InChI=1S/C12H18ClN3/c1-14-9-11-10(13)5-6-12(15-11)16-7-3-2-4-8-16/h5-6,14H,2-4,7-9H2,1H3. The molecule has 0 saturated carbocycles. The van der Waals surface area contributed by atoms with Crippen LogP contribution in [0.15, 0.2) is 12.1 Å². The lowest BCUT2D eigenvalue weighted by atomic mass is 10.1. The van der Waals surface area contributed by atoms with Gasteiger partial charge in [0.25, 0.3) is 0 Å². The van der Waals surface area contributed by atoms with E-state index in [2.05, 4.69) is 15.2 Å². The SMILES string of the molecule is CNCc1nc(N2CCCCC2)ccc1Cl. The second kappa shape index (κ2) is 5.51. The van der Waals surface area contributed by atoms with Crippen molar-refractivity contribution in [2.45, 2.75) is 25.8 Å². The van der Waals surface area contributed by atoms with Crippen LogP contribution in [0.1, 0.15) is 25.0 Å². The first kappa shape index (κ1) is 11.7. The molecule has 0 aromatic carbocycles. The van der Waals surface area contributed by atoms with Crippen LogP contribution in [0.25, 0.3) is 0 Å². The van der Waals surface area contributed by atoms with E-state index >= 15 is 0 Å². The Morgan fingerprint density at radius 2 is 2.06 bits per heavy atom. The highest BCUT2D eigenvalue weighted by molar-refractivity contribution is 6.31. The van der Waals surface area contributed by atoms with Crippen LogP contribution in [0.3, 0.4) is 0 Å². The molecule has 1 N–H and O–H groups in total. The molecule has 0 aliphatic carbocycles. The molecule has 1 aliphatic heterocycles. The largest absolute Gasteiger partial charge is 0.357 e. The fraction of sp³-hybridized carbons (Fsp3) is 0.583. The summed E-state index contributed by atoms with van der Waals surface area (Å²) in [5.41, 5.74) is 0.937. The number of nitrogens with zero attached hydrogens (tertiary/aromatic N) is 2. The predicted octanol–water partition coefficient (Wildman–Crippen LogP) is 2.44. The molecular formula is C12H18ClN3. The Morgan fingerprint density at radius 1 is 1.31 bits per heavy atom. The van der Waals surface area contributed by atoms with Gasteiger partial charge in [-0.05, 0) is 38.4 Å². The lowest BCUT2D eigenvalue weighted by Gasteiger charge is -2.28. The van der Waals surface area contributed by atoms with Gasteiger partial charge in [0.2, 0.25) is 0 Å². The summed E-state index contributed by atoms with van der Waals surface area (Å²) < 4.78 is 0. The molecule has 0 spiro atoms. The highest BCUT2D eigenvalue weighted by atomic mass is 35.5. The van der Waals surface area contributed by atoms with Gasteiger partial charge in [0, 0.05) is 19.6 Å². The molecule has 1 fully saturated rings. The minimum Gasteiger partial charge on any atom is -0.357 e. The Bertz CT molecular complexity index is 348. The van der Waals surface area contributed by atoms with E-state index in [0.29, 0.717) is 0 Å². The van der Waals surface area contributed by atoms with E-state index in [1.807, 2.05) is 19.2 Å². The first-order valence-corrected chi connectivity index (χ1v) is 6.24. The minimum atomic E-state index is 0.723. The number of hydrogen-bond acceptors (Lipinski definition) is 3. The van der Waals surface area contributed by atoms with E-state index < -0.39 is 0 Å². The monoisotopic (exact) mass is 239 g/mol. The number of hydrogen-bond donors (Lipinski definition) is 1. The summed E-state index contributed by atoms with van der Waals surface area (Å²) in [6, 6.07) is 3.97. The van der Waals surface area contributed by atoms with Crippen molar-refractivity contribution >= 4 is 17.4 Å². The quantitative estimate of drug-likeness (QED) is 0.878. The van der Waals surface area contributed by atoms with Gasteiger partial charge in [-0.15, -0.1) is 0 Å². The van der Waals surface area contributed by atoms with Crippen LogP contribution in [0.2, 0.25) is 5.02 Å². The van der Waals surface area contributed by atoms with Crippen LogP contribution < -0.4 is 10.2 Å². The number of anilines is 1. The van der Waals surface area contributed by atoms with Crippen molar-refractivity contribution in [2.24, 2.45) is 0 Å². The number of halogens is 1. The van der Waals surface area contributed by atoms with Gasteiger partial charge in [0.1, 0.15) is 5.82 Å². The molecule has 4 heteroatoms. The molecule has 3 nitrogen and oxygen atoms in total. The van der Waals surface area contributed by atoms with Crippen molar-refractivity contribution in [1.29, 1.82) is 0 Å². The van der Waals surface area contributed by atoms with Crippen LogP contribution in [0.5, 0.6) is 0 Å². The first-order valence-electron chi connectivity index (χ1n) is 5.86. The smallest absolute Gasteiger partial charge is 0.128 e. The van der Waals surface area contributed by atoms with Crippen molar-refractivity contribution in [3.8, 4) is 0 Å². The van der Waals surface area contributed by atoms with Crippen molar-refractivity contribution < 1.29 is 0 Å². The Labute approximate surface area is 102 Å². The van der Waals surface area contributed by atoms with Crippen molar-refractivity contribution in [2.75, 3.05) is 25.0 Å². The molecule has 1 saturated heterocycles. The van der Waals surface area contributed by atoms with Gasteiger partial charge in [0.05, 0.1) is 10.7 Å². The lowest BCUT2D eigenvalue weighted by Crippen LogP contribution is -2.30. The van der Waals surface area contributed by atoms with E-state index in [4.69, 9.17) is 11.6 Å². The van der Waals surface area contributed by atoms with E-state index in [0.717, 1.165) is 36.2 Å². The highest BCUT2D eigenvalue weighted by Gasteiger charge is 2.13. The van der Waals surface area contributed by atoms with Crippen LogP contribution in [0, 0.1) is 0 Å². The maximum absolute atomic E-state index is 6.09. The van der Waals surface area contributed by atoms with E-state index in [1.165, 1.54) is 19.3 Å². The molecule has 0 unspecified atom stereocenters. The number of aromatic nitrogens is 1. The average Bonchev–Trinajstić information content (AvgIpc) is 2.33. The Balaban J connectivity index is 2.17. The lowest BCUT2D eigenvalue weighted by molar-refractivity contribution is 0.572. The van der Waals surface area contributed by atoms with Crippen molar-refractivity contribution in [3.63, 3.8) is 0 Å². The second-order valence-corrected chi connectivity index (χ2v) is 4.58. The minimum absolute atomic E-state index is 0.723. The first-order chi connectivity index (χ1) is 7.81. The highest BCUT2D eigenvalue weighted by Crippen LogP contribution is 2.22. The van der Waals surface area contributed by atoms with E-state index in [1.54, 1.807) is 0 Å². The Morgan fingerprint density at radius 3 is 2.75 bits per heavy atom. The Hall–Kier alpha value is -0.800. The van der Waals surface area contributed by atoms with Gasteiger partial charge in [-0.3, -0.25) is 0 Å². The molecule has 0 atom stereocenters. The molecule has 2 rings (SSSR count). The fourth-order valence-electron chi connectivity index (χ4n) is 2.06. The summed E-state index contributed by atoms with van der Waals surface area (Å²) in [4.78, 5) is 6.96. The molecule has 2 heterocycles. The number of rotatable bonds is 3. The van der Waals surface area contributed by atoms with Crippen LogP contribution >= 0.6 is 11.6 Å². The maximum atomic E-state index is 6.09. The van der Waals surface area contributed by atoms with Crippen LogP contribution in [-0.4, -0.2) is 25.1 Å². The summed E-state index contributed by atoms with van der Waals surface area (Å²) in [6.45, 7) is 2.96. The van der Waals surface area contributed by atoms with Gasteiger partial charge in [-0.1, -0.05) is 11.6 Å². The van der Waals surface area contributed by atoms with Gasteiger partial charge in [-0.25, -0.2) is 4.98 Å². The van der Waals surface area contributed by atoms with E-state index in [9.17, 15) is 0 Å². The molecule has 1 aliphatic rings. The Kier molecular flexibility index (Phi) is 4.02. The van der Waals surface area contributed by atoms with Gasteiger partial charge < -0.3 is 10.2 Å². The summed E-state index contributed by atoms with van der Waals surface area (Å²) in [6.07, 6.45) is 3.88. The van der Waals surface area contributed by atoms with Gasteiger partial charge >= 0.3 is 0 Å². The number of nitrogens with one attached hydrogen (secondary N) is 1. The topological polar surface area (TPSA) is 28.2 Å². The summed E-state index contributed by atoms with van der Waals surface area (Å²) in [7, 11) is 1.91. The summed E-state index contributed by atoms with van der Waals surface area (Å²) >= 11 is 6.09. The number of pyridine rings is 1. The molecule has 0 amide bonds. The van der Waals surface area contributed by atoms with Crippen LogP contribution in [0.4, 0.5) is 5.82 Å². The second-order valence-electron chi connectivity index (χ2n) is 4.18. The maximum Gasteiger partial charge on any atom is 0.128 e.